The molecule has 0 amide bonds. The van der Waals surface area contributed by atoms with Gasteiger partial charge >= 0.3 is 0 Å². The standard InChI is InChI=1S/C82H63N5O/c1-81(2,3)61-43-59(44-62(49-61)82(4,5)6)60-46-65(50-67(48-60)88-66-27-21-25-57(47-66)73-51-64(40-39-58(73)53-84)86-76-34-16-11-29-69(76)70-30-12-17-35-77(70)86)85(75-33-15-10-28-68(75)55-22-8-7-9-23-55)63-26-20-24-56(45-63)74-42-54(52-83)38-41-80(74)87-78-36-18-13-31-71(78)72-32-14-19-37-79(72)87/h7-51H,1-6H3. The average molecular weight is 1130 g/mol. The van der Waals surface area contributed by atoms with Crippen molar-refractivity contribution in [3.8, 4) is 79.5 Å². The van der Waals surface area contributed by atoms with Crippen molar-refractivity contribution in [2.75, 3.05) is 4.90 Å². The Morgan fingerprint density at radius 1 is 0.352 bits per heavy atom. The van der Waals surface area contributed by atoms with Crippen LogP contribution in [-0.2, 0) is 10.8 Å². The van der Waals surface area contributed by atoms with Gasteiger partial charge in [0.15, 0.2) is 0 Å². The van der Waals surface area contributed by atoms with E-state index in [9.17, 15) is 10.5 Å². The summed E-state index contributed by atoms with van der Waals surface area (Å²) in [6.45, 7) is 13.7. The van der Waals surface area contributed by atoms with E-state index in [0.717, 1.165) is 106 Å². The molecule has 0 aliphatic heterocycles. The Balaban J connectivity index is 0.970. The number of fused-ring (bicyclic) bond motifs is 6. The summed E-state index contributed by atoms with van der Waals surface area (Å²) >= 11 is 0. The highest BCUT2D eigenvalue weighted by molar-refractivity contribution is 6.11. The molecule has 6 nitrogen and oxygen atoms in total. The molecule has 2 aromatic heterocycles. The van der Waals surface area contributed by atoms with E-state index in [1.165, 1.54) is 21.9 Å². The predicted molar refractivity (Wildman–Crippen MR) is 365 cm³/mol. The van der Waals surface area contributed by atoms with Crippen molar-refractivity contribution in [1.82, 2.24) is 9.13 Å². The van der Waals surface area contributed by atoms with Crippen molar-refractivity contribution >= 4 is 60.7 Å². The normalized spacial score (nSPS) is 11.7. The molecule has 0 fully saturated rings. The highest BCUT2D eigenvalue weighted by atomic mass is 16.5. The Morgan fingerprint density at radius 3 is 1.49 bits per heavy atom. The van der Waals surface area contributed by atoms with Crippen LogP contribution in [0.3, 0.4) is 0 Å². The summed E-state index contributed by atoms with van der Waals surface area (Å²) in [6, 6.07) is 101. The van der Waals surface area contributed by atoms with Gasteiger partial charge in [-0.05, 0) is 153 Å². The second-order valence-corrected chi connectivity index (χ2v) is 24.8. The van der Waals surface area contributed by atoms with Gasteiger partial charge in [0.25, 0.3) is 0 Å². The van der Waals surface area contributed by atoms with Crippen LogP contribution in [0, 0.1) is 22.7 Å². The predicted octanol–water partition coefficient (Wildman–Crippen LogP) is 22.1. The summed E-state index contributed by atoms with van der Waals surface area (Å²) in [7, 11) is 0. The Labute approximate surface area is 514 Å². The lowest BCUT2D eigenvalue weighted by molar-refractivity contribution is 0.483. The van der Waals surface area contributed by atoms with E-state index in [2.05, 4.69) is 298 Å². The van der Waals surface area contributed by atoms with Crippen LogP contribution >= 0.6 is 0 Å². The van der Waals surface area contributed by atoms with Crippen LogP contribution in [0.15, 0.2) is 273 Å². The Bertz CT molecular complexity index is 4990. The highest BCUT2D eigenvalue weighted by Crippen LogP contribution is 2.47. The summed E-state index contributed by atoms with van der Waals surface area (Å²) in [5.41, 5.74) is 20.1. The second kappa shape index (κ2) is 22.0. The topological polar surface area (TPSA) is 69.9 Å². The molecule has 0 atom stereocenters. The van der Waals surface area contributed by atoms with Crippen LogP contribution in [0.5, 0.6) is 11.5 Å². The Morgan fingerprint density at radius 2 is 0.875 bits per heavy atom. The quantitative estimate of drug-likeness (QED) is 0.129. The molecule has 0 radical (unpaired) electrons. The molecule has 0 N–H and O–H groups in total. The molecule has 6 heteroatoms. The monoisotopic (exact) mass is 1130 g/mol. The van der Waals surface area contributed by atoms with Gasteiger partial charge in [-0.2, -0.15) is 10.5 Å². The number of anilines is 3. The molecule has 0 aliphatic carbocycles. The molecule has 14 rings (SSSR count). The maximum atomic E-state index is 10.7. The van der Waals surface area contributed by atoms with Crippen molar-refractivity contribution in [2.45, 2.75) is 52.4 Å². The molecule has 0 spiro atoms. The van der Waals surface area contributed by atoms with Crippen molar-refractivity contribution in [3.63, 3.8) is 0 Å². The summed E-state index contributed by atoms with van der Waals surface area (Å²) in [4.78, 5) is 2.35. The zero-order chi connectivity index (χ0) is 60.3. The number of ether oxygens (including phenoxy) is 1. The fourth-order valence-electron chi connectivity index (χ4n) is 12.7. The summed E-state index contributed by atoms with van der Waals surface area (Å²) < 4.78 is 11.9. The maximum Gasteiger partial charge on any atom is 0.130 e. The smallest absolute Gasteiger partial charge is 0.130 e. The zero-order valence-corrected chi connectivity index (χ0v) is 50.1. The van der Waals surface area contributed by atoms with Crippen molar-refractivity contribution < 1.29 is 4.74 Å². The number of nitrogens with zero attached hydrogens (tertiary/aromatic N) is 5. The first-order valence-corrected chi connectivity index (χ1v) is 30.0. The van der Waals surface area contributed by atoms with E-state index < -0.39 is 0 Å². The van der Waals surface area contributed by atoms with E-state index in [1.54, 1.807) is 0 Å². The van der Waals surface area contributed by atoms with E-state index in [0.29, 0.717) is 22.6 Å². The molecule has 12 aromatic carbocycles. The molecular formula is C82H63N5O. The van der Waals surface area contributed by atoms with Gasteiger partial charge in [0.1, 0.15) is 11.5 Å². The molecule has 2 heterocycles. The molecule has 14 aromatic rings. The van der Waals surface area contributed by atoms with Crippen molar-refractivity contribution in [3.05, 3.63) is 295 Å². The van der Waals surface area contributed by atoms with Crippen molar-refractivity contribution in [2.24, 2.45) is 0 Å². The summed E-state index contributed by atoms with van der Waals surface area (Å²) in [5.74, 6) is 1.26. The first-order valence-electron chi connectivity index (χ1n) is 30.0. The first-order chi connectivity index (χ1) is 42.8. The maximum absolute atomic E-state index is 10.7. The van der Waals surface area contributed by atoms with Crippen LogP contribution in [0.1, 0.15) is 63.8 Å². The number of benzene rings is 12. The van der Waals surface area contributed by atoms with Crippen LogP contribution in [-0.4, -0.2) is 9.13 Å². The fourth-order valence-corrected chi connectivity index (χ4v) is 12.7. The third kappa shape index (κ3) is 10.0. The number of hydrogen-bond donors (Lipinski definition) is 0. The third-order valence-electron chi connectivity index (χ3n) is 17.1. The van der Waals surface area contributed by atoms with E-state index >= 15 is 0 Å². The molecule has 0 unspecified atom stereocenters. The fraction of sp³-hybridized carbons (Fsp3) is 0.0976. The first kappa shape index (κ1) is 54.7. The van der Waals surface area contributed by atoms with E-state index in [1.807, 2.05) is 42.5 Å². The minimum absolute atomic E-state index is 0.142. The van der Waals surface area contributed by atoms with Gasteiger partial charge in [-0.15, -0.1) is 0 Å². The molecule has 88 heavy (non-hydrogen) atoms. The van der Waals surface area contributed by atoms with Gasteiger partial charge in [0.05, 0.1) is 62.4 Å². The van der Waals surface area contributed by atoms with Crippen LogP contribution in [0.4, 0.5) is 17.1 Å². The number of aromatic nitrogens is 2. The van der Waals surface area contributed by atoms with E-state index in [4.69, 9.17) is 4.74 Å². The number of hydrogen-bond acceptors (Lipinski definition) is 4. The van der Waals surface area contributed by atoms with Gasteiger partial charge < -0.3 is 18.8 Å². The molecule has 0 bridgehead atoms. The number of para-hydroxylation sites is 5. The number of nitriles is 2. The summed E-state index contributed by atoms with van der Waals surface area (Å²) in [5, 5.41) is 25.9. The summed E-state index contributed by atoms with van der Waals surface area (Å²) in [6.07, 6.45) is 0. The Kier molecular flexibility index (Phi) is 13.7. The molecule has 422 valence electrons. The van der Waals surface area contributed by atoms with Gasteiger partial charge in [0.2, 0.25) is 0 Å². The van der Waals surface area contributed by atoms with Crippen LogP contribution in [0.2, 0.25) is 0 Å². The minimum Gasteiger partial charge on any atom is -0.457 e. The van der Waals surface area contributed by atoms with E-state index in [-0.39, 0.29) is 10.8 Å². The van der Waals surface area contributed by atoms with Crippen molar-refractivity contribution in [1.29, 1.82) is 10.5 Å². The third-order valence-corrected chi connectivity index (χ3v) is 17.1. The molecule has 0 aliphatic rings. The van der Waals surface area contributed by atoms with Gasteiger partial charge in [-0.3, -0.25) is 0 Å². The minimum atomic E-state index is -0.142. The van der Waals surface area contributed by atoms with Crippen LogP contribution < -0.4 is 9.64 Å². The average Bonchev–Trinajstić information content (AvgIpc) is 1.94. The lowest BCUT2D eigenvalue weighted by atomic mass is 9.79. The highest BCUT2D eigenvalue weighted by Gasteiger charge is 2.25. The Hall–Kier alpha value is -11.2. The van der Waals surface area contributed by atoms with Gasteiger partial charge in [-0.25, -0.2) is 0 Å². The largest absolute Gasteiger partial charge is 0.457 e. The SMILES string of the molecule is CC(C)(C)c1cc(-c2cc(Oc3cccc(-c4cc(-n5c6ccccc6c6ccccc65)ccc4C#N)c3)cc(N(c3cccc(-c4cc(C#N)ccc4-n4c5ccccc5c5ccccc54)c3)c3ccccc3-c3ccccc3)c2)cc(C(C)(C)C)c1. The van der Waals surface area contributed by atoms with Gasteiger partial charge in [-0.1, -0.05) is 205 Å². The molecular weight excluding hydrogens is 1070 g/mol. The number of rotatable bonds is 11. The second-order valence-electron chi connectivity index (χ2n) is 24.8. The molecule has 0 saturated carbocycles. The lowest BCUT2D eigenvalue weighted by Crippen LogP contribution is -2.16. The van der Waals surface area contributed by atoms with Gasteiger partial charge in [0, 0.05) is 55.7 Å². The zero-order valence-electron chi connectivity index (χ0n) is 50.1. The molecule has 0 saturated heterocycles. The lowest BCUT2D eigenvalue weighted by Gasteiger charge is -2.30. The van der Waals surface area contributed by atoms with Crippen LogP contribution in [0.25, 0.3) is 99.5 Å².